The Labute approximate surface area is 136 Å². The van der Waals surface area contributed by atoms with E-state index in [1.54, 1.807) is 25.3 Å². The van der Waals surface area contributed by atoms with Gasteiger partial charge in [0.1, 0.15) is 11.6 Å². The molecule has 8 heteroatoms. The minimum atomic E-state index is -3.82. The molecule has 1 N–H and O–H groups in total. The second-order valence-corrected chi connectivity index (χ2v) is 6.72. The van der Waals surface area contributed by atoms with E-state index in [9.17, 15) is 12.8 Å². The number of nitrogens with one attached hydrogen (secondary N) is 1. The minimum absolute atomic E-state index is 0.0676. The second kappa shape index (κ2) is 6.89. The zero-order valence-corrected chi connectivity index (χ0v) is 13.9. The maximum Gasteiger partial charge on any atom is 0.276 e. The molecule has 0 fully saturated rings. The van der Waals surface area contributed by atoms with E-state index in [0.29, 0.717) is 11.3 Å². The maximum absolute atomic E-state index is 12.8. The largest absolute Gasteiger partial charge is 0.496 e. The Morgan fingerprint density at radius 2 is 1.91 bits per heavy atom. The molecular formula is C14H12BrFN2O3S. The van der Waals surface area contributed by atoms with Gasteiger partial charge in [-0.1, -0.05) is 0 Å². The highest BCUT2D eigenvalue weighted by atomic mass is 79.9. The zero-order chi connectivity index (χ0) is 16.2. The van der Waals surface area contributed by atoms with Crippen LogP contribution in [0.4, 0.5) is 4.39 Å². The molecule has 0 saturated carbocycles. The highest BCUT2D eigenvalue weighted by molar-refractivity contribution is 9.10. The lowest BCUT2D eigenvalue weighted by molar-refractivity contribution is 0.412. The van der Waals surface area contributed by atoms with E-state index >= 15 is 0 Å². The lowest BCUT2D eigenvalue weighted by atomic mass is 10.2. The molecule has 0 spiro atoms. The number of benzene rings is 2. The van der Waals surface area contributed by atoms with E-state index < -0.39 is 15.8 Å². The van der Waals surface area contributed by atoms with E-state index in [4.69, 9.17) is 4.74 Å². The zero-order valence-electron chi connectivity index (χ0n) is 11.5. The van der Waals surface area contributed by atoms with Crippen molar-refractivity contribution in [3.63, 3.8) is 0 Å². The van der Waals surface area contributed by atoms with E-state index in [-0.39, 0.29) is 4.90 Å². The van der Waals surface area contributed by atoms with Crippen molar-refractivity contribution in [2.45, 2.75) is 4.90 Å². The molecule has 0 radical (unpaired) electrons. The van der Waals surface area contributed by atoms with E-state index in [1.807, 2.05) is 0 Å². The number of ether oxygens (including phenoxy) is 1. The van der Waals surface area contributed by atoms with Gasteiger partial charge in [-0.3, -0.25) is 0 Å². The van der Waals surface area contributed by atoms with Crippen LogP contribution in [-0.2, 0) is 10.0 Å². The summed E-state index contributed by atoms with van der Waals surface area (Å²) in [6.45, 7) is 0. The van der Waals surface area contributed by atoms with Crippen molar-refractivity contribution in [1.82, 2.24) is 4.83 Å². The predicted molar refractivity (Wildman–Crippen MR) is 85.0 cm³/mol. The number of rotatable bonds is 5. The number of nitrogens with zero attached hydrogens (tertiary/aromatic N) is 1. The SMILES string of the molecule is COc1ccc(/C=N/NS(=O)(=O)c2ccc(F)cc2)cc1Br. The Morgan fingerprint density at radius 1 is 1.23 bits per heavy atom. The summed E-state index contributed by atoms with van der Waals surface area (Å²) in [6, 6.07) is 9.64. The first-order valence-electron chi connectivity index (χ1n) is 6.06. The molecule has 0 aliphatic rings. The third kappa shape index (κ3) is 4.05. The Morgan fingerprint density at radius 3 is 2.50 bits per heavy atom. The van der Waals surface area contributed by atoms with Gasteiger partial charge in [-0.2, -0.15) is 13.5 Å². The fourth-order valence-electron chi connectivity index (χ4n) is 1.60. The molecule has 0 aliphatic carbocycles. The summed E-state index contributed by atoms with van der Waals surface area (Å²) in [7, 11) is -2.27. The van der Waals surface area contributed by atoms with Gasteiger partial charge in [0.2, 0.25) is 0 Å². The third-order valence-corrected chi connectivity index (χ3v) is 4.54. The summed E-state index contributed by atoms with van der Waals surface area (Å²) >= 11 is 3.32. The fraction of sp³-hybridized carbons (Fsp3) is 0.0714. The van der Waals surface area contributed by atoms with Gasteiger partial charge in [0.05, 0.1) is 22.7 Å². The first-order valence-corrected chi connectivity index (χ1v) is 8.34. The van der Waals surface area contributed by atoms with Crippen molar-refractivity contribution in [3.05, 3.63) is 58.3 Å². The number of hydrazone groups is 1. The summed E-state index contributed by atoms with van der Waals surface area (Å²) < 4.78 is 42.5. The molecule has 2 aromatic rings. The minimum Gasteiger partial charge on any atom is -0.496 e. The standard InChI is InChI=1S/C14H12BrFN2O3S/c1-21-14-7-2-10(8-13(14)15)9-17-18-22(19,20)12-5-3-11(16)4-6-12/h2-9,18H,1H3/b17-9+. The smallest absolute Gasteiger partial charge is 0.276 e. The van der Waals surface area contributed by atoms with Gasteiger partial charge in [0.15, 0.2) is 0 Å². The summed E-state index contributed by atoms with van der Waals surface area (Å²) in [5, 5.41) is 3.69. The third-order valence-electron chi connectivity index (χ3n) is 2.69. The first-order chi connectivity index (χ1) is 10.4. The van der Waals surface area contributed by atoms with Crippen LogP contribution in [0, 0.1) is 5.82 Å². The molecule has 0 aromatic heterocycles. The monoisotopic (exact) mass is 386 g/mol. The summed E-state index contributed by atoms with van der Waals surface area (Å²) in [5.74, 6) is 0.148. The van der Waals surface area contributed by atoms with Crippen LogP contribution in [0.2, 0.25) is 0 Å². The molecule has 22 heavy (non-hydrogen) atoms. The number of halogens is 2. The molecular weight excluding hydrogens is 375 g/mol. The Hall–Kier alpha value is -1.93. The molecule has 0 aliphatic heterocycles. The van der Waals surface area contributed by atoms with Crippen LogP contribution in [0.1, 0.15) is 5.56 Å². The van der Waals surface area contributed by atoms with E-state index in [1.165, 1.54) is 6.21 Å². The molecule has 2 rings (SSSR count). The average Bonchev–Trinajstić information content (AvgIpc) is 2.48. The quantitative estimate of drug-likeness (QED) is 0.634. The van der Waals surface area contributed by atoms with Gasteiger partial charge in [-0.25, -0.2) is 9.22 Å². The summed E-state index contributed by atoms with van der Waals surface area (Å²) in [5.41, 5.74) is 0.675. The van der Waals surface area contributed by atoms with Crippen LogP contribution in [-0.4, -0.2) is 21.7 Å². The van der Waals surface area contributed by atoms with Crippen molar-refractivity contribution in [2.75, 3.05) is 7.11 Å². The number of hydrogen-bond donors (Lipinski definition) is 1. The second-order valence-electron chi connectivity index (χ2n) is 4.20. The molecule has 0 atom stereocenters. The van der Waals surface area contributed by atoms with Crippen LogP contribution in [0.25, 0.3) is 0 Å². The van der Waals surface area contributed by atoms with Crippen molar-refractivity contribution < 1.29 is 17.5 Å². The average molecular weight is 387 g/mol. The number of sulfonamides is 1. The molecule has 5 nitrogen and oxygen atoms in total. The highest BCUT2D eigenvalue weighted by Gasteiger charge is 2.12. The Bertz CT molecular complexity index is 792. The molecule has 0 amide bonds. The topological polar surface area (TPSA) is 67.8 Å². The van der Waals surface area contributed by atoms with Gasteiger partial charge in [0.25, 0.3) is 10.0 Å². The molecule has 0 unspecified atom stereocenters. The lowest BCUT2D eigenvalue weighted by Crippen LogP contribution is -2.18. The molecule has 2 aromatic carbocycles. The van der Waals surface area contributed by atoms with E-state index in [2.05, 4.69) is 25.9 Å². The molecule has 0 heterocycles. The van der Waals surface area contributed by atoms with Crippen molar-refractivity contribution >= 4 is 32.2 Å². The number of methoxy groups -OCH3 is 1. The summed E-state index contributed by atoms with van der Waals surface area (Å²) in [6.07, 6.45) is 1.35. The van der Waals surface area contributed by atoms with Crippen LogP contribution >= 0.6 is 15.9 Å². The maximum atomic E-state index is 12.8. The van der Waals surface area contributed by atoms with Gasteiger partial charge in [-0.05, 0) is 64.0 Å². The number of hydrogen-bond acceptors (Lipinski definition) is 4. The lowest BCUT2D eigenvalue weighted by Gasteiger charge is -2.04. The van der Waals surface area contributed by atoms with Crippen LogP contribution in [0.3, 0.4) is 0 Å². The van der Waals surface area contributed by atoms with Gasteiger partial charge < -0.3 is 4.74 Å². The van der Waals surface area contributed by atoms with E-state index in [0.717, 1.165) is 28.7 Å². The van der Waals surface area contributed by atoms with Crippen molar-refractivity contribution in [2.24, 2.45) is 5.10 Å². The fourth-order valence-corrected chi connectivity index (χ4v) is 2.95. The van der Waals surface area contributed by atoms with Gasteiger partial charge in [-0.15, -0.1) is 0 Å². The van der Waals surface area contributed by atoms with Crippen molar-refractivity contribution in [1.29, 1.82) is 0 Å². The molecule has 0 bridgehead atoms. The van der Waals surface area contributed by atoms with Crippen molar-refractivity contribution in [3.8, 4) is 5.75 Å². The van der Waals surface area contributed by atoms with Crippen LogP contribution in [0.15, 0.2) is 56.9 Å². The highest BCUT2D eigenvalue weighted by Crippen LogP contribution is 2.24. The van der Waals surface area contributed by atoms with Crippen LogP contribution < -0.4 is 9.57 Å². The predicted octanol–water partition coefficient (Wildman–Crippen LogP) is 2.91. The first kappa shape index (κ1) is 16.4. The van der Waals surface area contributed by atoms with Gasteiger partial charge in [0, 0.05) is 0 Å². The molecule has 116 valence electrons. The Kier molecular flexibility index (Phi) is 5.15. The Balaban J connectivity index is 2.11. The van der Waals surface area contributed by atoms with Gasteiger partial charge >= 0.3 is 0 Å². The summed E-state index contributed by atoms with van der Waals surface area (Å²) in [4.78, 5) is 2.00. The normalized spacial score (nSPS) is 11.6. The molecule has 0 saturated heterocycles. The van der Waals surface area contributed by atoms with Crippen LogP contribution in [0.5, 0.6) is 5.75 Å².